The van der Waals surface area contributed by atoms with Crippen molar-refractivity contribution < 1.29 is 38.0 Å². The lowest BCUT2D eigenvalue weighted by Gasteiger charge is -2.39. The van der Waals surface area contributed by atoms with E-state index in [1.807, 2.05) is 30.3 Å². The topological polar surface area (TPSA) is 170 Å². The normalized spacial score (nSPS) is 24.1. The summed E-state index contributed by atoms with van der Waals surface area (Å²) in [5.41, 5.74) is 0.903. The quantitative estimate of drug-likeness (QED) is 0.0497. The number of amides is 2. The number of benzene rings is 3. The lowest BCUT2D eigenvalue weighted by atomic mass is 9.82. The van der Waals surface area contributed by atoms with E-state index in [-0.39, 0.29) is 50.1 Å². The zero-order valence-corrected chi connectivity index (χ0v) is 31.3. The van der Waals surface area contributed by atoms with Gasteiger partial charge in [-0.3, -0.25) is 34.1 Å². The lowest BCUT2D eigenvalue weighted by Crippen LogP contribution is -2.54. The Hall–Kier alpha value is -5.32. The SMILES string of the molecule is CC(=O)OC1CC(=O)N1c1ccc(CN2C(=O)[C@]3(O[C@H](CCn4cc(C(CO)c5ccccc5)nn4)[C@@H]([Si](C)(C)F)[C@@H]3C)c3cc([N+](=O)[O-])ccc32)cc1. The molecule has 1 spiro atoms. The first-order valence-corrected chi connectivity index (χ1v) is 20.8. The summed E-state index contributed by atoms with van der Waals surface area (Å²) in [6.07, 6.45) is 0.711. The number of non-ortho nitro benzene ring substituents is 1. The van der Waals surface area contributed by atoms with E-state index in [1.54, 1.807) is 55.2 Å². The molecule has 7 rings (SSSR count). The van der Waals surface area contributed by atoms with Crippen molar-refractivity contribution in [2.24, 2.45) is 5.92 Å². The Balaban J connectivity index is 1.17. The second-order valence-corrected chi connectivity index (χ2v) is 18.5. The van der Waals surface area contributed by atoms with E-state index in [9.17, 15) is 29.6 Å². The maximum Gasteiger partial charge on any atom is 0.304 e. The second kappa shape index (κ2) is 14.2. The van der Waals surface area contributed by atoms with E-state index >= 15 is 4.11 Å². The number of anilines is 2. The van der Waals surface area contributed by atoms with Crippen molar-refractivity contribution in [3.8, 4) is 0 Å². The number of esters is 1. The predicted octanol–water partition coefficient (Wildman–Crippen LogP) is 5.35. The zero-order chi connectivity index (χ0) is 38.5. The van der Waals surface area contributed by atoms with Crippen LogP contribution in [0.15, 0.2) is 79.0 Å². The number of carbonyl (C=O) groups is 3. The molecule has 3 aliphatic heterocycles. The van der Waals surface area contributed by atoms with Crippen molar-refractivity contribution in [2.45, 2.75) is 82.3 Å². The van der Waals surface area contributed by atoms with Gasteiger partial charge < -0.3 is 23.6 Å². The Morgan fingerprint density at radius 3 is 2.50 bits per heavy atom. The molecule has 14 nitrogen and oxygen atoms in total. The number of nitrogens with zero attached hydrogens (tertiary/aromatic N) is 6. The van der Waals surface area contributed by atoms with Crippen LogP contribution >= 0.6 is 0 Å². The summed E-state index contributed by atoms with van der Waals surface area (Å²) >= 11 is 0. The van der Waals surface area contributed by atoms with Gasteiger partial charge in [0.15, 0.2) is 11.8 Å². The number of β-lactam (4-membered cyclic amide) rings is 1. The molecule has 0 aliphatic carbocycles. The number of fused-ring (bicyclic) bond motifs is 2. The van der Waals surface area contributed by atoms with Crippen LogP contribution in [0.1, 0.15) is 55.0 Å². The molecule has 1 aromatic heterocycles. The molecule has 0 bridgehead atoms. The third-order valence-electron chi connectivity index (χ3n) is 10.9. The van der Waals surface area contributed by atoms with E-state index in [1.165, 1.54) is 34.9 Å². The summed E-state index contributed by atoms with van der Waals surface area (Å²) < 4.78 is 30.1. The minimum Gasteiger partial charge on any atom is -0.441 e. The molecule has 4 heterocycles. The number of carbonyl (C=O) groups excluding carboxylic acids is 3. The maximum atomic E-state index is 16.4. The number of nitro groups is 1. The summed E-state index contributed by atoms with van der Waals surface area (Å²) in [6, 6.07) is 20.6. The van der Waals surface area contributed by atoms with Crippen molar-refractivity contribution >= 4 is 43.3 Å². The fraction of sp³-hybridized carbons (Fsp3) is 0.395. The molecule has 2 fully saturated rings. The van der Waals surface area contributed by atoms with Crippen LogP contribution in [0, 0.1) is 16.0 Å². The minimum atomic E-state index is -3.54. The highest BCUT2D eigenvalue weighted by molar-refractivity contribution is 6.72. The van der Waals surface area contributed by atoms with Gasteiger partial charge in [0, 0.05) is 54.5 Å². The standard InChI is InChI=1S/C38H41FN6O8Si/c1-23-36(54(3,4)39)33(16-17-42-21-31(40-41-42)29(22-46)26-8-6-5-7-9-26)53-38(23)30-18-28(45(50)51)14-15-32(30)43(37(38)49)20-25-10-12-27(13-11-25)44-34(48)19-35(44)52-24(2)47/h5-15,18,21,23,29,33,35-36,46H,16-17,19-20,22H2,1-4H3/t23-,29?,33+,35?,36-,38+/m0/s1. The van der Waals surface area contributed by atoms with Crippen LogP contribution in [-0.2, 0) is 42.5 Å². The highest BCUT2D eigenvalue weighted by Gasteiger charge is 2.67. The summed E-state index contributed by atoms with van der Waals surface area (Å²) in [6.45, 7) is 6.44. The van der Waals surface area contributed by atoms with E-state index in [0.29, 0.717) is 28.2 Å². The van der Waals surface area contributed by atoms with Crippen molar-refractivity contribution in [3.05, 3.63) is 111 Å². The van der Waals surface area contributed by atoms with E-state index in [2.05, 4.69) is 10.3 Å². The Kier molecular flexibility index (Phi) is 9.70. The minimum absolute atomic E-state index is 0.0734. The lowest BCUT2D eigenvalue weighted by molar-refractivity contribution is -0.385. The molecule has 6 atom stereocenters. The molecule has 3 aromatic carbocycles. The van der Waals surface area contributed by atoms with Crippen LogP contribution in [-0.4, -0.2) is 70.2 Å². The van der Waals surface area contributed by atoms with Crippen molar-refractivity contribution in [1.29, 1.82) is 0 Å². The van der Waals surface area contributed by atoms with E-state index in [0.717, 1.165) is 5.56 Å². The molecule has 4 aromatic rings. The van der Waals surface area contributed by atoms with Crippen molar-refractivity contribution in [2.75, 3.05) is 16.4 Å². The number of aliphatic hydroxyl groups excluding tert-OH is 1. The van der Waals surface area contributed by atoms with Gasteiger partial charge in [-0.2, -0.15) is 0 Å². The van der Waals surface area contributed by atoms with Crippen LogP contribution in [0.5, 0.6) is 0 Å². The maximum absolute atomic E-state index is 16.4. The number of nitro benzene ring substituents is 1. The summed E-state index contributed by atoms with van der Waals surface area (Å²) in [7, 11) is -3.54. The van der Waals surface area contributed by atoms with Crippen LogP contribution < -0.4 is 9.80 Å². The summed E-state index contributed by atoms with van der Waals surface area (Å²) in [4.78, 5) is 53.0. The molecule has 0 radical (unpaired) electrons. The molecule has 3 aliphatic rings. The van der Waals surface area contributed by atoms with Crippen molar-refractivity contribution in [3.63, 3.8) is 0 Å². The van der Waals surface area contributed by atoms with Crippen LogP contribution in [0.3, 0.4) is 0 Å². The Morgan fingerprint density at radius 2 is 1.87 bits per heavy atom. The molecule has 1 N–H and O–H groups in total. The van der Waals surface area contributed by atoms with Crippen molar-refractivity contribution in [1.82, 2.24) is 15.0 Å². The first-order valence-electron chi connectivity index (χ1n) is 17.8. The predicted molar refractivity (Wildman–Crippen MR) is 196 cm³/mol. The first-order chi connectivity index (χ1) is 25.7. The van der Waals surface area contributed by atoms with Gasteiger partial charge in [-0.15, -0.1) is 5.10 Å². The number of ether oxygens (including phenoxy) is 2. The number of aromatic nitrogens is 3. The van der Waals surface area contributed by atoms with Crippen LogP contribution in [0.2, 0.25) is 18.6 Å². The molecular formula is C38H41FN6O8Si. The first kappa shape index (κ1) is 37.0. The van der Waals surface area contributed by atoms with E-state index in [4.69, 9.17) is 9.47 Å². The smallest absolute Gasteiger partial charge is 0.304 e. The molecule has 16 heteroatoms. The van der Waals surface area contributed by atoms with Gasteiger partial charge >= 0.3 is 5.97 Å². The molecule has 2 saturated heterocycles. The molecule has 54 heavy (non-hydrogen) atoms. The van der Waals surface area contributed by atoms with Gasteiger partial charge in [-0.05, 0) is 48.8 Å². The average Bonchev–Trinajstić information content (AvgIpc) is 3.78. The van der Waals surface area contributed by atoms with Gasteiger partial charge in [-0.1, -0.05) is 54.6 Å². The number of aliphatic hydroxyl groups is 1. The largest absolute Gasteiger partial charge is 0.441 e. The fourth-order valence-corrected chi connectivity index (χ4v) is 10.9. The van der Waals surface area contributed by atoms with Gasteiger partial charge in [0.1, 0.15) is 0 Å². The van der Waals surface area contributed by atoms with Crippen LogP contribution in [0.25, 0.3) is 0 Å². The van der Waals surface area contributed by atoms with Gasteiger partial charge in [0.05, 0.1) is 47.9 Å². The number of hydrogen-bond donors (Lipinski definition) is 1. The third-order valence-corrected chi connectivity index (χ3v) is 13.3. The molecule has 0 saturated carbocycles. The van der Waals surface area contributed by atoms with Gasteiger partial charge in [-0.25, -0.2) is 0 Å². The molecule has 2 unspecified atom stereocenters. The van der Waals surface area contributed by atoms with Gasteiger partial charge in [0.25, 0.3) is 11.6 Å². The zero-order valence-electron chi connectivity index (χ0n) is 30.3. The Bertz CT molecular complexity index is 2090. The average molecular weight is 757 g/mol. The highest BCUT2D eigenvalue weighted by atomic mass is 28.4. The summed E-state index contributed by atoms with van der Waals surface area (Å²) in [5, 5.41) is 30.7. The highest BCUT2D eigenvalue weighted by Crippen LogP contribution is 2.60. The second-order valence-electron chi connectivity index (χ2n) is 14.7. The van der Waals surface area contributed by atoms with Gasteiger partial charge in [0.2, 0.25) is 14.3 Å². The summed E-state index contributed by atoms with van der Waals surface area (Å²) in [5.74, 6) is -2.18. The fourth-order valence-electron chi connectivity index (χ4n) is 8.40. The molecule has 282 valence electrons. The molecular weight excluding hydrogens is 716 g/mol. The Morgan fingerprint density at radius 1 is 1.15 bits per heavy atom. The number of halogens is 1. The number of aryl methyl sites for hydroxylation is 1. The Labute approximate surface area is 311 Å². The third kappa shape index (κ3) is 6.47. The number of rotatable bonds is 12. The number of hydrogen-bond acceptors (Lipinski definition) is 10. The van der Waals surface area contributed by atoms with E-state index < -0.39 is 54.6 Å². The monoisotopic (exact) mass is 756 g/mol. The van der Waals surface area contributed by atoms with Crippen LogP contribution in [0.4, 0.5) is 21.2 Å². The molecule has 2 amide bonds.